The number of aryl methyl sites for hydroxylation is 1. The van der Waals surface area contributed by atoms with E-state index in [1.54, 1.807) is 19.1 Å². The quantitative estimate of drug-likeness (QED) is 0.871. The minimum absolute atomic E-state index is 0.0346. The van der Waals surface area contributed by atoms with Crippen molar-refractivity contribution in [3.05, 3.63) is 53.0 Å². The molecule has 0 aliphatic rings. The summed E-state index contributed by atoms with van der Waals surface area (Å²) in [5.41, 5.74) is 0.606. The summed E-state index contributed by atoms with van der Waals surface area (Å²) in [5.74, 6) is -1.78. The molecule has 0 amide bonds. The molecule has 2 N–H and O–H groups in total. The number of para-hydroxylation sites is 1. The van der Waals surface area contributed by atoms with Crippen molar-refractivity contribution in [1.29, 1.82) is 0 Å². The molecule has 6 nitrogen and oxygen atoms in total. The van der Waals surface area contributed by atoms with E-state index in [1.165, 1.54) is 18.2 Å². The molecule has 1 aromatic heterocycles. The molecule has 2 aromatic rings. The second-order valence-corrected chi connectivity index (χ2v) is 4.09. The molecule has 1 aromatic carbocycles. The van der Waals surface area contributed by atoms with E-state index in [1.807, 2.05) is 0 Å². The van der Waals surface area contributed by atoms with E-state index < -0.39 is 11.9 Å². The summed E-state index contributed by atoms with van der Waals surface area (Å²) in [6, 6.07) is 7.59. The summed E-state index contributed by atoms with van der Waals surface area (Å²) >= 11 is 0. The predicted molar refractivity (Wildman–Crippen MR) is 68.1 cm³/mol. The van der Waals surface area contributed by atoms with Gasteiger partial charge in [0.15, 0.2) is 0 Å². The lowest BCUT2D eigenvalue weighted by molar-refractivity contribution is 0.0657. The van der Waals surface area contributed by atoms with E-state index in [9.17, 15) is 9.59 Å². The van der Waals surface area contributed by atoms with Crippen molar-refractivity contribution in [3.63, 3.8) is 0 Å². The van der Waals surface area contributed by atoms with Crippen LogP contribution in [0.25, 0.3) is 0 Å². The highest BCUT2D eigenvalue weighted by Gasteiger charge is 2.15. The minimum atomic E-state index is -1.16. The molecule has 0 aliphatic heterocycles. The Morgan fingerprint density at radius 3 is 2.50 bits per heavy atom. The lowest BCUT2D eigenvalue weighted by Gasteiger charge is -2.07. The summed E-state index contributed by atoms with van der Waals surface area (Å²) in [7, 11) is 0. The lowest BCUT2D eigenvalue weighted by atomic mass is 10.2. The van der Waals surface area contributed by atoms with Gasteiger partial charge in [-0.05, 0) is 25.1 Å². The molecule has 6 heteroatoms. The molecule has 0 unspecified atom stereocenters. The maximum Gasteiger partial charge on any atom is 0.371 e. The van der Waals surface area contributed by atoms with Crippen molar-refractivity contribution in [2.45, 2.75) is 13.5 Å². The van der Waals surface area contributed by atoms with Crippen molar-refractivity contribution in [3.8, 4) is 5.75 Å². The van der Waals surface area contributed by atoms with E-state index in [0.717, 1.165) is 0 Å². The first-order valence-electron chi connectivity index (χ1n) is 5.76. The van der Waals surface area contributed by atoms with Crippen LogP contribution in [-0.2, 0) is 6.61 Å². The fourth-order valence-electron chi connectivity index (χ4n) is 1.69. The molecule has 0 atom stereocenters. The first-order chi connectivity index (χ1) is 9.49. The Kier molecular flexibility index (Phi) is 3.74. The number of benzene rings is 1. The van der Waals surface area contributed by atoms with Gasteiger partial charge >= 0.3 is 11.9 Å². The highest BCUT2D eigenvalue weighted by molar-refractivity contribution is 5.90. The Hall–Kier alpha value is -2.76. The van der Waals surface area contributed by atoms with Gasteiger partial charge in [-0.1, -0.05) is 12.1 Å². The Labute approximate surface area is 114 Å². The van der Waals surface area contributed by atoms with Gasteiger partial charge < -0.3 is 19.4 Å². The maximum absolute atomic E-state index is 11.0. The van der Waals surface area contributed by atoms with Crippen molar-refractivity contribution >= 4 is 11.9 Å². The van der Waals surface area contributed by atoms with Crippen molar-refractivity contribution in [2.75, 3.05) is 0 Å². The average molecular weight is 276 g/mol. The van der Waals surface area contributed by atoms with Gasteiger partial charge in [0.25, 0.3) is 0 Å². The number of ether oxygens (including phenoxy) is 1. The largest absolute Gasteiger partial charge is 0.488 e. The standard InChI is InChI=1S/C14H12O6/c1-8-9(6-12(20-8)14(17)18)7-19-11-5-3-2-4-10(11)13(15)16/h2-6H,7H2,1H3,(H,15,16)(H,17,18). The highest BCUT2D eigenvalue weighted by atomic mass is 16.5. The van der Waals surface area contributed by atoms with Crippen LogP contribution in [0.4, 0.5) is 0 Å². The second-order valence-electron chi connectivity index (χ2n) is 4.09. The van der Waals surface area contributed by atoms with Gasteiger partial charge in [-0.2, -0.15) is 0 Å². The van der Waals surface area contributed by atoms with E-state index in [-0.39, 0.29) is 23.7 Å². The summed E-state index contributed by atoms with van der Waals surface area (Å²) < 4.78 is 10.5. The molecule has 0 saturated carbocycles. The molecule has 0 fully saturated rings. The molecule has 0 spiro atoms. The number of hydrogen-bond acceptors (Lipinski definition) is 4. The number of rotatable bonds is 5. The minimum Gasteiger partial charge on any atom is -0.488 e. The van der Waals surface area contributed by atoms with Gasteiger partial charge in [0.05, 0.1) is 0 Å². The van der Waals surface area contributed by atoms with Gasteiger partial charge in [-0.3, -0.25) is 0 Å². The van der Waals surface area contributed by atoms with Gasteiger partial charge in [-0.25, -0.2) is 9.59 Å². The van der Waals surface area contributed by atoms with Crippen LogP contribution in [0.15, 0.2) is 34.7 Å². The SMILES string of the molecule is Cc1oc(C(=O)O)cc1COc1ccccc1C(=O)O. The van der Waals surface area contributed by atoms with E-state index >= 15 is 0 Å². The van der Waals surface area contributed by atoms with Crippen LogP contribution in [0.2, 0.25) is 0 Å². The number of aromatic carboxylic acids is 2. The van der Waals surface area contributed by atoms with Crippen molar-refractivity contribution in [2.24, 2.45) is 0 Å². The fourth-order valence-corrected chi connectivity index (χ4v) is 1.69. The first-order valence-corrected chi connectivity index (χ1v) is 5.76. The third-order valence-corrected chi connectivity index (χ3v) is 2.73. The van der Waals surface area contributed by atoms with Crippen molar-refractivity contribution in [1.82, 2.24) is 0 Å². The van der Waals surface area contributed by atoms with Crippen LogP contribution in [0.3, 0.4) is 0 Å². The normalized spacial score (nSPS) is 10.2. The third-order valence-electron chi connectivity index (χ3n) is 2.73. The summed E-state index contributed by atoms with van der Waals surface area (Å²) in [6.07, 6.45) is 0. The van der Waals surface area contributed by atoms with E-state index in [0.29, 0.717) is 11.3 Å². The van der Waals surface area contributed by atoms with Crippen LogP contribution in [-0.4, -0.2) is 22.2 Å². The lowest BCUT2D eigenvalue weighted by Crippen LogP contribution is -2.03. The third kappa shape index (κ3) is 2.80. The summed E-state index contributed by atoms with van der Waals surface area (Å²) in [5, 5.41) is 17.8. The van der Waals surface area contributed by atoms with Crippen molar-refractivity contribution < 1.29 is 29.0 Å². The van der Waals surface area contributed by atoms with Crippen LogP contribution in [0.1, 0.15) is 32.2 Å². The summed E-state index contributed by atoms with van der Waals surface area (Å²) in [6.45, 7) is 1.65. The first kappa shape index (κ1) is 13.7. The smallest absolute Gasteiger partial charge is 0.371 e. The molecule has 1 heterocycles. The monoisotopic (exact) mass is 276 g/mol. The molecule has 104 valence electrons. The van der Waals surface area contributed by atoms with Crippen LogP contribution < -0.4 is 4.74 Å². The maximum atomic E-state index is 11.0. The highest BCUT2D eigenvalue weighted by Crippen LogP contribution is 2.21. The van der Waals surface area contributed by atoms with Gasteiger partial charge in [0.2, 0.25) is 5.76 Å². The zero-order valence-electron chi connectivity index (χ0n) is 10.6. The number of carboxylic acid groups (broad SMARTS) is 2. The second kappa shape index (κ2) is 5.48. The summed E-state index contributed by atoms with van der Waals surface area (Å²) in [4.78, 5) is 21.8. The number of carbonyl (C=O) groups is 2. The van der Waals surface area contributed by atoms with Gasteiger partial charge in [-0.15, -0.1) is 0 Å². The van der Waals surface area contributed by atoms with Crippen LogP contribution >= 0.6 is 0 Å². The zero-order chi connectivity index (χ0) is 14.7. The van der Waals surface area contributed by atoms with E-state index in [2.05, 4.69) is 0 Å². The molecule has 2 rings (SSSR count). The van der Waals surface area contributed by atoms with Crippen LogP contribution in [0.5, 0.6) is 5.75 Å². The molecule has 0 bridgehead atoms. The van der Waals surface area contributed by atoms with Crippen LogP contribution in [0, 0.1) is 6.92 Å². The average Bonchev–Trinajstić information content (AvgIpc) is 2.78. The Morgan fingerprint density at radius 1 is 1.20 bits per heavy atom. The molecule has 0 aliphatic carbocycles. The predicted octanol–water partition coefficient (Wildman–Crippen LogP) is 2.56. The topological polar surface area (TPSA) is 97.0 Å². The molecular formula is C14H12O6. The van der Waals surface area contributed by atoms with Gasteiger partial charge in [0.1, 0.15) is 23.7 Å². The van der Waals surface area contributed by atoms with Gasteiger partial charge in [0, 0.05) is 5.56 Å². The van der Waals surface area contributed by atoms with E-state index in [4.69, 9.17) is 19.4 Å². The molecule has 0 saturated heterocycles. The molecular weight excluding hydrogens is 264 g/mol. The Morgan fingerprint density at radius 2 is 1.90 bits per heavy atom. The number of hydrogen-bond donors (Lipinski definition) is 2. The number of carboxylic acids is 2. The fraction of sp³-hybridized carbons (Fsp3) is 0.143. The Balaban J connectivity index is 2.17. The molecule has 0 radical (unpaired) electrons. The zero-order valence-corrected chi connectivity index (χ0v) is 10.6. The molecule has 20 heavy (non-hydrogen) atoms. The number of furan rings is 1. The Bertz CT molecular complexity index is 655.